The van der Waals surface area contributed by atoms with Gasteiger partial charge in [-0.25, -0.2) is 0 Å². The van der Waals surface area contributed by atoms with Gasteiger partial charge in [0.2, 0.25) is 0 Å². The number of carbonyl (C=O) groups excluding carboxylic acids is 1. The van der Waals surface area contributed by atoms with E-state index in [1.54, 1.807) is 43.3 Å². The Bertz CT molecular complexity index is 714. The van der Waals surface area contributed by atoms with Gasteiger partial charge < -0.3 is 19.5 Å². The van der Waals surface area contributed by atoms with Crippen molar-refractivity contribution >= 4 is 34.8 Å². The fourth-order valence-corrected chi connectivity index (χ4v) is 2.27. The molecule has 0 aliphatic heterocycles. The molecule has 0 heterocycles. The lowest BCUT2D eigenvalue weighted by molar-refractivity contribution is -0.122. The highest BCUT2D eigenvalue weighted by Crippen LogP contribution is 2.29. The molecule has 1 atom stereocenters. The van der Waals surface area contributed by atoms with Gasteiger partial charge in [0, 0.05) is 23.2 Å². The number of ether oxygens (including phenoxy) is 3. The second-order valence-corrected chi connectivity index (χ2v) is 5.77. The summed E-state index contributed by atoms with van der Waals surface area (Å²) >= 11 is 11.9. The number of nitrogens with one attached hydrogen (secondary N) is 1. The van der Waals surface area contributed by atoms with Gasteiger partial charge in [-0.1, -0.05) is 23.2 Å². The summed E-state index contributed by atoms with van der Waals surface area (Å²) in [4.78, 5) is 12.3. The summed E-state index contributed by atoms with van der Waals surface area (Å²) in [6.07, 6.45) is -0.767. The summed E-state index contributed by atoms with van der Waals surface area (Å²) < 4.78 is 16.0. The van der Waals surface area contributed by atoms with Crippen molar-refractivity contribution in [2.75, 3.05) is 19.5 Å². The third kappa shape index (κ3) is 4.69. The average Bonchev–Trinajstić information content (AvgIpc) is 2.57. The van der Waals surface area contributed by atoms with Crippen molar-refractivity contribution in [2.24, 2.45) is 0 Å². The normalized spacial score (nSPS) is 11.5. The molecule has 0 fully saturated rings. The van der Waals surface area contributed by atoms with Gasteiger partial charge in [-0.2, -0.15) is 0 Å². The third-order valence-corrected chi connectivity index (χ3v) is 3.76. The minimum atomic E-state index is -0.767. The first-order valence-corrected chi connectivity index (χ1v) is 7.84. The smallest absolute Gasteiger partial charge is 0.265 e. The second-order valence-electron chi connectivity index (χ2n) is 4.92. The van der Waals surface area contributed by atoms with Crippen LogP contribution in [-0.4, -0.2) is 26.2 Å². The van der Waals surface area contributed by atoms with Crippen LogP contribution in [0.15, 0.2) is 36.4 Å². The quantitative estimate of drug-likeness (QED) is 0.818. The summed E-state index contributed by atoms with van der Waals surface area (Å²) in [6, 6.07) is 9.86. The minimum Gasteiger partial charge on any atom is -0.496 e. The molecule has 2 rings (SSSR count). The molecule has 24 heavy (non-hydrogen) atoms. The zero-order valence-electron chi connectivity index (χ0n) is 13.4. The van der Waals surface area contributed by atoms with Crippen LogP contribution in [0.1, 0.15) is 6.92 Å². The Balaban J connectivity index is 2.10. The maximum atomic E-state index is 12.3. The first-order chi connectivity index (χ1) is 11.4. The number of methoxy groups -OCH3 is 2. The van der Waals surface area contributed by atoms with E-state index in [9.17, 15) is 4.79 Å². The van der Waals surface area contributed by atoms with Crippen molar-refractivity contribution in [3.8, 4) is 17.2 Å². The van der Waals surface area contributed by atoms with Crippen LogP contribution in [0.2, 0.25) is 10.0 Å². The van der Waals surface area contributed by atoms with Crippen LogP contribution in [-0.2, 0) is 4.79 Å². The van der Waals surface area contributed by atoms with Crippen LogP contribution in [0.3, 0.4) is 0 Å². The Morgan fingerprint density at radius 1 is 1.00 bits per heavy atom. The molecule has 0 unspecified atom stereocenters. The fourth-order valence-electron chi connectivity index (χ4n) is 1.93. The number of rotatable bonds is 6. The van der Waals surface area contributed by atoms with Crippen molar-refractivity contribution in [2.45, 2.75) is 13.0 Å². The Kier molecular flexibility index (Phi) is 6.17. The van der Waals surface area contributed by atoms with Crippen molar-refractivity contribution in [1.82, 2.24) is 0 Å². The molecule has 0 saturated carbocycles. The molecular weight excluding hydrogens is 353 g/mol. The van der Waals surface area contributed by atoms with E-state index in [1.165, 1.54) is 14.2 Å². The van der Waals surface area contributed by atoms with Gasteiger partial charge in [0.15, 0.2) is 6.10 Å². The SMILES string of the molecule is COc1cc(OC)cc(O[C@@H](C)C(=O)Nc2cc(Cl)ccc2Cl)c1. The highest BCUT2D eigenvalue weighted by atomic mass is 35.5. The topological polar surface area (TPSA) is 56.8 Å². The first-order valence-electron chi connectivity index (χ1n) is 7.08. The summed E-state index contributed by atoms with van der Waals surface area (Å²) in [5.41, 5.74) is 0.424. The number of halogens is 2. The summed E-state index contributed by atoms with van der Waals surface area (Å²) in [5, 5.41) is 3.55. The minimum absolute atomic E-state index is 0.360. The molecule has 2 aromatic rings. The number of amides is 1. The highest BCUT2D eigenvalue weighted by Gasteiger charge is 2.17. The van der Waals surface area contributed by atoms with Gasteiger partial charge in [0.25, 0.3) is 5.91 Å². The monoisotopic (exact) mass is 369 g/mol. The summed E-state index contributed by atoms with van der Waals surface area (Å²) in [6.45, 7) is 1.62. The Morgan fingerprint density at radius 3 is 2.17 bits per heavy atom. The molecular formula is C17H17Cl2NO4. The molecule has 0 bridgehead atoms. The van der Waals surface area contributed by atoms with Crippen LogP contribution >= 0.6 is 23.2 Å². The average molecular weight is 370 g/mol. The molecule has 0 radical (unpaired) electrons. The van der Waals surface area contributed by atoms with E-state index >= 15 is 0 Å². The molecule has 128 valence electrons. The predicted octanol–water partition coefficient (Wildman–Crippen LogP) is 4.42. The maximum absolute atomic E-state index is 12.3. The van der Waals surface area contributed by atoms with Crippen molar-refractivity contribution in [1.29, 1.82) is 0 Å². The van der Waals surface area contributed by atoms with Gasteiger partial charge in [-0.05, 0) is 25.1 Å². The van der Waals surface area contributed by atoms with Crippen molar-refractivity contribution < 1.29 is 19.0 Å². The number of carbonyl (C=O) groups is 1. The van der Waals surface area contributed by atoms with E-state index in [4.69, 9.17) is 37.4 Å². The van der Waals surface area contributed by atoms with Crippen LogP contribution in [0.5, 0.6) is 17.2 Å². The van der Waals surface area contributed by atoms with Gasteiger partial charge in [-0.15, -0.1) is 0 Å². The molecule has 2 aromatic carbocycles. The number of anilines is 1. The molecule has 1 N–H and O–H groups in total. The highest BCUT2D eigenvalue weighted by molar-refractivity contribution is 6.35. The van der Waals surface area contributed by atoms with Gasteiger partial charge in [0.05, 0.1) is 24.9 Å². The van der Waals surface area contributed by atoms with Crippen LogP contribution in [0.4, 0.5) is 5.69 Å². The predicted molar refractivity (Wildman–Crippen MR) is 94.7 cm³/mol. The molecule has 0 saturated heterocycles. The van der Waals surface area contributed by atoms with Crippen LogP contribution in [0.25, 0.3) is 0 Å². The molecule has 1 amide bonds. The van der Waals surface area contributed by atoms with Gasteiger partial charge in [-0.3, -0.25) is 4.79 Å². The Hall–Kier alpha value is -2.11. The molecule has 0 aliphatic carbocycles. The first kappa shape index (κ1) is 18.2. The van der Waals surface area contributed by atoms with Gasteiger partial charge >= 0.3 is 0 Å². The summed E-state index contributed by atoms with van der Waals surface area (Å²) in [7, 11) is 3.08. The fraction of sp³-hybridized carbons (Fsp3) is 0.235. The van der Waals surface area contributed by atoms with E-state index in [0.29, 0.717) is 33.0 Å². The number of benzene rings is 2. The van der Waals surface area contributed by atoms with Gasteiger partial charge in [0.1, 0.15) is 17.2 Å². The molecule has 0 spiro atoms. The maximum Gasteiger partial charge on any atom is 0.265 e. The molecule has 0 aromatic heterocycles. The van der Waals surface area contributed by atoms with Crippen LogP contribution in [0, 0.1) is 0 Å². The molecule has 0 aliphatic rings. The standard InChI is InChI=1S/C17H17Cl2NO4/c1-10(17(21)20-16-6-11(18)4-5-15(16)19)24-14-8-12(22-2)7-13(9-14)23-3/h4-10H,1-3H3,(H,20,21)/t10-/m0/s1. The summed E-state index contributed by atoms with van der Waals surface area (Å²) in [5.74, 6) is 1.22. The van der Waals surface area contributed by atoms with E-state index in [2.05, 4.69) is 5.32 Å². The van der Waals surface area contributed by atoms with E-state index in [0.717, 1.165) is 0 Å². The largest absolute Gasteiger partial charge is 0.496 e. The van der Waals surface area contributed by atoms with E-state index in [-0.39, 0.29) is 5.91 Å². The van der Waals surface area contributed by atoms with E-state index < -0.39 is 6.10 Å². The Morgan fingerprint density at radius 2 is 1.58 bits per heavy atom. The lowest BCUT2D eigenvalue weighted by Crippen LogP contribution is -2.30. The van der Waals surface area contributed by atoms with E-state index in [1.807, 2.05) is 0 Å². The Labute approximate surface area is 150 Å². The number of hydrogen-bond donors (Lipinski definition) is 1. The lowest BCUT2D eigenvalue weighted by Gasteiger charge is -2.16. The zero-order valence-corrected chi connectivity index (χ0v) is 14.9. The molecule has 5 nitrogen and oxygen atoms in total. The number of hydrogen-bond acceptors (Lipinski definition) is 4. The molecule has 7 heteroatoms. The van der Waals surface area contributed by atoms with Crippen LogP contribution < -0.4 is 19.5 Å². The second kappa shape index (κ2) is 8.13. The zero-order chi connectivity index (χ0) is 17.7. The third-order valence-electron chi connectivity index (χ3n) is 3.19. The van der Waals surface area contributed by atoms with Crippen molar-refractivity contribution in [3.63, 3.8) is 0 Å². The lowest BCUT2D eigenvalue weighted by atomic mass is 10.2. The van der Waals surface area contributed by atoms with Crippen molar-refractivity contribution in [3.05, 3.63) is 46.4 Å².